The lowest BCUT2D eigenvalue weighted by molar-refractivity contribution is -0.125. The molecular weight excluding hydrogens is 256 g/mol. The van der Waals surface area contributed by atoms with Gasteiger partial charge in [-0.15, -0.1) is 0 Å². The van der Waals surface area contributed by atoms with Crippen molar-refractivity contribution in [2.45, 2.75) is 45.6 Å². The van der Waals surface area contributed by atoms with Crippen LogP contribution in [0.4, 0.5) is 0 Å². The molecular formula is C14H22N4O2. The Morgan fingerprint density at radius 3 is 2.80 bits per heavy atom. The second kappa shape index (κ2) is 6.07. The summed E-state index contributed by atoms with van der Waals surface area (Å²) >= 11 is 0. The Labute approximate surface area is 118 Å². The van der Waals surface area contributed by atoms with E-state index in [2.05, 4.69) is 15.7 Å². The summed E-state index contributed by atoms with van der Waals surface area (Å²) in [6.45, 7) is 4.52. The van der Waals surface area contributed by atoms with Gasteiger partial charge in [0.1, 0.15) is 0 Å². The van der Waals surface area contributed by atoms with E-state index in [9.17, 15) is 9.59 Å². The number of carbonyl (C=O) groups excluding carboxylic acids is 2. The Kier molecular flexibility index (Phi) is 4.42. The van der Waals surface area contributed by atoms with Gasteiger partial charge in [0.2, 0.25) is 11.8 Å². The highest BCUT2D eigenvalue weighted by Crippen LogP contribution is 2.14. The van der Waals surface area contributed by atoms with E-state index in [1.165, 1.54) is 0 Å². The maximum atomic E-state index is 11.9. The van der Waals surface area contributed by atoms with Crippen LogP contribution in [0.5, 0.6) is 0 Å². The van der Waals surface area contributed by atoms with Gasteiger partial charge in [-0.2, -0.15) is 5.10 Å². The number of rotatable bonds is 4. The summed E-state index contributed by atoms with van der Waals surface area (Å²) in [7, 11) is 1.91. The third-order valence-electron chi connectivity index (χ3n) is 3.89. The molecule has 0 saturated carbocycles. The Morgan fingerprint density at radius 1 is 1.50 bits per heavy atom. The zero-order chi connectivity index (χ0) is 14.7. The first-order valence-electron chi connectivity index (χ1n) is 7.02. The van der Waals surface area contributed by atoms with Gasteiger partial charge in [-0.1, -0.05) is 0 Å². The quantitative estimate of drug-likeness (QED) is 0.835. The van der Waals surface area contributed by atoms with Crippen LogP contribution in [0, 0.1) is 13.8 Å². The van der Waals surface area contributed by atoms with Gasteiger partial charge in [0.05, 0.1) is 5.69 Å². The fraction of sp³-hybridized carbons (Fsp3) is 0.643. The molecule has 1 unspecified atom stereocenters. The number of piperidine rings is 1. The van der Waals surface area contributed by atoms with Crippen molar-refractivity contribution in [3.05, 3.63) is 17.0 Å². The van der Waals surface area contributed by atoms with Crippen molar-refractivity contribution in [2.75, 3.05) is 6.54 Å². The summed E-state index contributed by atoms with van der Waals surface area (Å²) in [6.07, 6.45) is 2.38. The fourth-order valence-electron chi connectivity index (χ4n) is 2.57. The Hall–Kier alpha value is -1.85. The SMILES string of the molecule is Cc1nn(C)c(C)c1CCC(=O)NC1CCC(=O)NC1. The van der Waals surface area contributed by atoms with Gasteiger partial charge in [0.15, 0.2) is 0 Å². The molecule has 0 spiro atoms. The highest BCUT2D eigenvalue weighted by atomic mass is 16.2. The van der Waals surface area contributed by atoms with Crippen molar-refractivity contribution in [3.63, 3.8) is 0 Å². The van der Waals surface area contributed by atoms with Crippen LogP contribution in [0.3, 0.4) is 0 Å². The number of aryl methyl sites for hydroxylation is 2. The summed E-state index contributed by atoms with van der Waals surface area (Å²) in [4.78, 5) is 23.0. The van der Waals surface area contributed by atoms with E-state index in [1.807, 2.05) is 25.6 Å². The lowest BCUT2D eigenvalue weighted by Gasteiger charge is -2.23. The molecule has 6 heteroatoms. The molecule has 1 saturated heterocycles. The van der Waals surface area contributed by atoms with E-state index in [-0.39, 0.29) is 17.9 Å². The van der Waals surface area contributed by atoms with E-state index in [1.54, 1.807) is 0 Å². The molecule has 2 rings (SSSR count). The Balaban J connectivity index is 1.82. The van der Waals surface area contributed by atoms with Crippen molar-refractivity contribution >= 4 is 11.8 Å². The number of hydrogen-bond donors (Lipinski definition) is 2. The van der Waals surface area contributed by atoms with Gasteiger partial charge in [-0.3, -0.25) is 14.3 Å². The summed E-state index contributed by atoms with van der Waals surface area (Å²) in [5.74, 6) is 0.103. The predicted octanol–water partition coefficient (Wildman–Crippen LogP) is 0.364. The molecule has 1 aliphatic heterocycles. The zero-order valence-corrected chi connectivity index (χ0v) is 12.3. The van der Waals surface area contributed by atoms with Crippen molar-refractivity contribution in [2.24, 2.45) is 7.05 Å². The van der Waals surface area contributed by atoms with Gasteiger partial charge in [-0.05, 0) is 32.3 Å². The summed E-state index contributed by atoms with van der Waals surface area (Å²) in [6, 6.07) is 0.0660. The number of nitrogens with one attached hydrogen (secondary N) is 2. The Bertz CT molecular complexity index is 511. The van der Waals surface area contributed by atoms with Crippen LogP contribution in [0.2, 0.25) is 0 Å². The van der Waals surface area contributed by atoms with Crippen molar-refractivity contribution in [1.82, 2.24) is 20.4 Å². The average molecular weight is 278 g/mol. The standard InChI is InChI=1S/C14H22N4O2/c1-9-12(10(2)18(3)17-9)5-7-14(20)16-11-4-6-13(19)15-8-11/h11H,4-8H2,1-3H3,(H,15,19)(H,16,20). The molecule has 0 aliphatic carbocycles. The molecule has 1 atom stereocenters. The molecule has 6 nitrogen and oxygen atoms in total. The lowest BCUT2D eigenvalue weighted by Crippen LogP contribution is -2.47. The largest absolute Gasteiger partial charge is 0.354 e. The minimum absolute atomic E-state index is 0.0359. The van der Waals surface area contributed by atoms with Crippen LogP contribution in [-0.4, -0.2) is 34.2 Å². The number of carbonyl (C=O) groups is 2. The summed E-state index contributed by atoms with van der Waals surface area (Å²) < 4.78 is 1.85. The first-order valence-corrected chi connectivity index (χ1v) is 7.02. The topological polar surface area (TPSA) is 76.0 Å². The molecule has 1 aliphatic rings. The monoisotopic (exact) mass is 278 g/mol. The molecule has 0 radical (unpaired) electrons. The first kappa shape index (κ1) is 14.6. The van der Waals surface area contributed by atoms with Crippen LogP contribution in [-0.2, 0) is 23.1 Å². The third-order valence-corrected chi connectivity index (χ3v) is 3.89. The molecule has 0 bridgehead atoms. The molecule has 2 N–H and O–H groups in total. The average Bonchev–Trinajstić information content (AvgIpc) is 2.64. The fourth-order valence-corrected chi connectivity index (χ4v) is 2.57. The van der Waals surface area contributed by atoms with E-state index >= 15 is 0 Å². The van der Waals surface area contributed by atoms with Crippen molar-refractivity contribution < 1.29 is 9.59 Å². The van der Waals surface area contributed by atoms with Crippen LogP contribution >= 0.6 is 0 Å². The summed E-state index contributed by atoms with van der Waals surface area (Å²) in [5, 5.41) is 10.1. The first-order chi connectivity index (χ1) is 9.47. The predicted molar refractivity (Wildman–Crippen MR) is 75.2 cm³/mol. The zero-order valence-electron chi connectivity index (χ0n) is 12.3. The van der Waals surface area contributed by atoms with Crippen LogP contribution < -0.4 is 10.6 Å². The highest BCUT2D eigenvalue weighted by molar-refractivity contribution is 5.79. The van der Waals surface area contributed by atoms with Gasteiger partial charge in [-0.25, -0.2) is 0 Å². The third kappa shape index (κ3) is 3.37. The normalized spacial score (nSPS) is 18.8. The molecule has 20 heavy (non-hydrogen) atoms. The molecule has 0 aromatic carbocycles. The van der Waals surface area contributed by atoms with Crippen molar-refractivity contribution in [3.8, 4) is 0 Å². The van der Waals surface area contributed by atoms with Crippen LogP contribution in [0.1, 0.15) is 36.2 Å². The minimum Gasteiger partial charge on any atom is -0.354 e. The second-order valence-electron chi connectivity index (χ2n) is 5.38. The van der Waals surface area contributed by atoms with E-state index in [0.717, 1.165) is 23.4 Å². The minimum atomic E-state index is 0.0359. The summed E-state index contributed by atoms with van der Waals surface area (Å²) in [5.41, 5.74) is 3.25. The van der Waals surface area contributed by atoms with Crippen LogP contribution in [0.25, 0.3) is 0 Å². The van der Waals surface area contributed by atoms with E-state index < -0.39 is 0 Å². The molecule has 2 heterocycles. The highest BCUT2D eigenvalue weighted by Gasteiger charge is 2.19. The molecule has 2 amide bonds. The number of amides is 2. The number of hydrogen-bond acceptors (Lipinski definition) is 3. The molecule has 1 fully saturated rings. The lowest BCUT2D eigenvalue weighted by atomic mass is 10.1. The maximum Gasteiger partial charge on any atom is 0.220 e. The van der Waals surface area contributed by atoms with Gasteiger partial charge in [0.25, 0.3) is 0 Å². The second-order valence-corrected chi connectivity index (χ2v) is 5.38. The molecule has 1 aromatic heterocycles. The van der Waals surface area contributed by atoms with Crippen LogP contribution in [0.15, 0.2) is 0 Å². The molecule has 110 valence electrons. The van der Waals surface area contributed by atoms with Gasteiger partial charge in [0, 0.05) is 38.2 Å². The smallest absolute Gasteiger partial charge is 0.220 e. The van der Waals surface area contributed by atoms with Crippen molar-refractivity contribution in [1.29, 1.82) is 0 Å². The number of nitrogens with zero attached hydrogens (tertiary/aromatic N) is 2. The van der Waals surface area contributed by atoms with E-state index in [4.69, 9.17) is 0 Å². The van der Waals surface area contributed by atoms with Gasteiger partial charge >= 0.3 is 0 Å². The maximum absolute atomic E-state index is 11.9. The molecule has 1 aromatic rings. The van der Waals surface area contributed by atoms with Gasteiger partial charge < -0.3 is 10.6 Å². The Morgan fingerprint density at radius 2 is 2.25 bits per heavy atom. The number of aromatic nitrogens is 2. The van der Waals surface area contributed by atoms with E-state index in [0.29, 0.717) is 25.8 Å².